The Bertz CT molecular complexity index is 599. The van der Waals surface area contributed by atoms with Crippen molar-refractivity contribution in [3.8, 4) is 0 Å². The summed E-state index contributed by atoms with van der Waals surface area (Å²) in [5, 5.41) is 5.86. The van der Waals surface area contributed by atoms with Crippen LogP contribution in [0.4, 0.5) is 11.4 Å². The van der Waals surface area contributed by atoms with Crippen LogP contribution >= 0.6 is 0 Å². The maximum absolute atomic E-state index is 11.6. The zero-order chi connectivity index (χ0) is 16.0. The molecule has 0 bridgehead atoms. The molecular weight excluding hydrogens is 290 g/mol. The van der Waals surface area contributed by atoms with E-state index in [1.54, 1.807) is 12.1 Å². The summed E-state index contributed by atoms with van der Waals surface area (Å²) in [5.74, 6) is -0.0466. The zero-order valence-corrected chi connectivity index (χ0v) is 13.5. The third-order valence-electron chi connectivity index (χ3n) is 3.15. The van der Waals surface area contributed by atoms with E-state index in [4.69, 9.17) is 5.73 Å². The lowest BCUT2D eigenvalue weighted by atomic mass is 10.2. The second-order valence-electron chi connectivity index (χ2n) is 5.04. The molecule has 1 aromatic rings. The summed E-state index contributed by atoms with van der Waals surface area (Å²) in [4.78, 5) is 11.7. The Morgan fingerprint density at radius 3 is 2.62 bits per heavy atom. The molecule has 1 unspecified atom stereocenters. The van der Waals surface area contributed by atoms with E-state index in [1.165, 1.54) is 6.07 Å². The molecule has 0 fully saturated rings. The topological polar surface area (TPSA) is 101 Å². The number of nitrogens with one attached hydrogen (secondary N) is 2. The van der Waals surface area contributed by atoms with Gasteiger partial charge in [-0.3, -0.25) is 4.79 Å². The van der Waals surface area contributed by atoms with Gasteiger partial charge in [0.15, 0.2) is 9.84 Å². The summed E-state index contributed by atoms with van der Waals surface area (Å²) >= 11 is 0. The van der Waals surface area contributed by atoms with Crippen molar-refractivity contribution in [3.63, 3.8) is 0 Å². The molecule has 0 aliphatic heterocycles. The number of benzene rings is 1. The van der Waals surface area contributed by atoms with Gasteiger partial charge in [-0.15, -0.1) is 0 Å². The number of amides is 1. The van der Waals surface area contributed by atoms with Crippen molar-refractivity contribution in [2.75, 3.05) is 23.9 Å². The number of para-hydroxylation sites is 1. The van der Waals surface area contributed by atoms with Crippen LogP contribution in [0.15, 0.2) is 23.1 Å². The predicted molar refractivity (Wildman–Crippen MR) is 85.0 cm³/mol. The minimum Gasteiger partial charge on any atom is -0.396 e. The van der Waals surface area contributed by atoms with Gasteiger partial charge in [0.1, 0.15) is 0 Å². The molecule has 1 aromatic carbocycles. The zero-order valence-electron chi connectivity index (χ0n) is 12.6. The van der Waals surface area contributed by atoms with Gasteiger partial charge in [0.25, 0.3) is 0 Å². The Kier molecular flexibility index (Phi) is 6.02. The van der Waals surface area contributed by atoms with E-state index >= 15 is 0 Å². The third kappa shape index (κ3) is 5.26. The number of carbonyl (C=O) groups is 1. The number of anilines is 2. The van der Waals surface area contributed by atoms with Crippen molar-refractivity contribution in [1.82, 2.24) is 5.32 Å². The predicted octanol–water partition coefficient (Wildman–Crippen LogP) is 1.39. The Balaban J connectivity index is 2.63. The third-order valence-corrected chi connectivity index (χ3v) is 4.31. The summed E-state index contributed by atoms with van der Waals surface area (Å²) in [5.41, 5.74) is 6.55. The highest BCUT2D eigenvalue weighted by Gasteiger charge is 2.14. The molecule has 0 spiro atoms. The molecule has 21 heavy (non-hydrogen) atoms. The van der Waals surface area contributed by atoms with Crippen molar-refractivity contribution in [2.45, 2.75) is 37.6 Å². The number of sulfone groups is 1. The van der Waals surface area contributed by atoms with Gasteiger partial charge in [-0.2, -0.15) is 0 Å². The van der Waals surface area contributed by atoms with E-state index in [1.807, 2.05) is 13.8 Å². The van der Waals surface area contributed by atoms with Gasteiger partial charge in [0.05, 0.1) is 16.3 Å². The quantitative estimate of drug-likeness (QED) is 0.660. The largest absolute Gasteiger partial charge is 0.396 e. The molecule has 1 rings (SSSR count). The summed E-state index contributed by atoms with van der Waals surface area (Å²) in [7, 11) is -3.36. The number of hydrogen-bond acceptors (Lipinski definition) is 5. The van der Waals surface area contributed by atoms with E-state index in [0.29, 0.717) is 18.7 Å². The molecule has 4 N–H and O–H groups in total. The smallest absolute Gasteiger partial charge is 0.221 e. The highest BCUT2D eigenvalue weighted by Crippen LogP contribution is 2.26. The van der Waals surface area contributed by atoms with Crippen LogP contribution in [-0.2, 0) is 14.6 Å². The van der Waals surface area contributed by atoms with E-state index in [0.717, 1.165) is 12.7 Å². The number of carbonyl (C=O) groups excluding carboxylic acids is 1. The molecule has 1 atom stereocenters. The van der Waals surface area contributed by atoms with Crippen LogP contribution in [-0.4, -0.2) is 33.2 Å². The summed E-state index contributed by atoms with van der Waals surface area (Å²) in [6.45, 7) is 4.33. The number of rotatable bonds is 7. The number of nitrogens with two attached hydrogens (primary N) is 1. The molecule has 0 aliphatic carbocycles. The maximum atomic E-state index is 11.6. The molecule has 0 heterocycles. The first kappa shape index (κ1) is 17.3. The molecule has 1 amide bonds. The Morgan fingerprint density at radius 2 is 2.05 bits per heavy atom. The van der Waals surface area contributed by atoms with Crippen molar-refractivity contribution >= 4 is 27.1 Å². The van der Waals surface area contributed by atoms with E-state index in [-0.39, 0.29) is 22.5 Å². The first-order valence-electron chi connectivity index (χ1n) is 6.87. The van der Waals surface area contributed by atoms with E-state index in [2.05, 4.69) is 10.6 Å². The lowest BCUT2D eigenvalue weighted by molar-refractivity contribution is -0.121. The average molecular weight is 313 g/mol. The molecule has 7 heteroatoms. The van der Waals surface area contributed by atoms with E-state index in [9.17, 15) is 13.2 Å². The van der Waals surface area contributed by atoms with Crippen LogP contribution in [0, 0.1) is 0 Å². The summed E-state index contributed by atoms with van der Waals surface area (Å²) in [6, 6.07) is 4.92. The summed E-state index contributed by atoms with van der Waals surface area (Å²) in [6.07, 6.45) is 2.29. The van der Waals surface area contributed by atoms with E-state index < -0.39 is 9.84 Å². The van der Waals surface area contributed by atoms with Crippen LogP contribution < -0.4 is 16.4 Å². The first-order valence-corrected chi connectivity index (χ1v) is 8.76. The van der Waals surface area contributed by atoms with Crippen LogP contribution in [0.5, 0.6) is 0 Å². The lowest BCUT2D eigenvalue weighted by Crippen LogP contribution is -2.33. The van der Waals surface area contributed by atoms with Crippen molar-refractivity contribution < 1.29 is 13.2 Å². The Labute approximate surface area is 126 Å². The minimum atomic E-state index is -3.36. The molecule has 0 saturated carbocycles. The molecule has 118 valence electrons. The van der Waals surface area contributed by atoms with Gasteiger partial charge in [-0.25, -0.2) is 8.42 Å². The van der Waals surface area contributed by atoms with Crippen LogP contribution in [0.25, 0.3) is 0 Å². The number of nitrogen functional groups attached to an aromatic ring is 1. The lowest BCUT2D eigenvalue weighted by Gasteiger charge is -2.13. The van der Waals surface area contributed by atoms with Gasteiger partial charge < -0.3 is 16.4 Å². The Morgan fingerprint density at radius 1 is 1.38 bits per heavy atom. The van der Waals surface area contributed by atoms with Gasteiger partial charge in [-0.1, -0.05) is 13.0 Å². The molecule has 0 aliphatic rings. The standard InChI is InChI=1S/C14H23N3O3S/c1-4-10(2)17-13(18)8-9-16-11-6-5-7-12(14(11)15)21(3,19)20/h5-7,10,16H,4,8-9,15H2,1-3H3,(H,17,18). The van der Waals surface area contributed by atoms with Crippen LogP contribution in [0.1, 0.15) is 26.7 Å². The Hall–Kier alpha value is -1.76. The fraction of sp³-hybridized carbons (Fsp3) is 0.500. The molecule has 0 saturated heterocycles. The minimum absolute atomic E-state index is 0.0466. The molecule has 0 radical (unpaired) electrons. The fourth-order valence-corrected chi connectivity index (χ4v) is 2.62. The first-order chi connectivity index (χ1) is 9.75. The molecular formula is C14H23N3O3S. The van der Waals surface area contributed by atoms with Gasteiger partial charge in [0, 0.05) is 25.3 Å². The van der Waals surface area contributed by atoms with Gasteiger partial charge >= 0.3 is 0 Å². The monoisotopic (exact) mass is 313 g/mol. The second kappa shape index (κ2) is 7.31. The fourth-order valence-electron chi connectivity index (χ4n) is 1.78. The van der Waals surface area contributed by atoms with Crippen molar-refractivity contribution in [1.29, 1.82) is 0 Å². The average Bonchev–Trinajstić information content (AvgIpc) is 2.39. The number of hydrogen-bond donors (Lipinski definition) is 3. The SMILES string of the molecule is CCC(C)NC(=O)CCNc1cccc(S(C)(=O)=O)c1N. The normalized spacial score (nSPS) is 12.7. The second-order valence-corrected chi connectivity index (χ2v) is 7.03. The maximum Gasteiger partial charge on any atom is 0.221 e. The molecule has 6 nitrogen and oxygen atoms in total. The molecule has 0 aromatic heterocycles. The summed E-state index contributed by atoms with van der Waals surface area (Å²) < 4.78 is 23.1. The van der Waals surface area contributed by atoms with Gasteiger partial charge in [-0.05, 0) is 25.5 Å². The highest BCUT2D eigenvalue weighted by molar-refractivity contribution is 7.90. The van der Waals surface area contributed by atoms with Crippen molar-refractivity contribution in [2.24, 2.45) is 0 Å². The van der Waals surface area contributed by atoms with Crippen LogP contribution in [0.2, 0.25) is 0 Å². The van der Waals surface area contributed by atoms with Gasteiger partial charge in [0.2, 0.25) is 5.91 Å². The highest BCUT2D eigenvalue weighted by atomic mass is 32.2. The van der Waals surface area contributed by atoms with Crippen LogP contribution in [0.3, 0.4) is 0 Å². The van der Waals surface area contributed by atoms with Crippen molar-refractivity contribution in [3.05, 3.63) is 18.2 Å².